The Kier molecular flexibility index (Phi) is 5.68. The number of aryl methyl sites for hydroxylation is 1. The zero-order chi connectivity index (χ0) is 21.9. The Bertz CT molecular complexity index is 1130. The molecule has 0 unspecified atom stereocenters. The minimum absolute atomic E-state index is 0.218. The lowest BCUT2D eigenvalue weighted by Gasteiger charge is -2.29. The van der Waals surface area contributed by atoms with Crippen molar-refractivity contribution in [2.45, 2.75) is 19.4 Å². The number of carbonyl (C=O) groups excluding carboxylic acids is 1. The summed E-state index contributed by atoms with van der Waals surface area (Å²) in [6.45, 7) is 3.20. The molecular weight excluding hydrogens is 415 g/mol. The van der Waals surface area contributed by atoms with Crippen LogP contribution in [0.2, 0.25) is 0 Å². The Hall–Kier alpha value is -3.53. The fraction of sp³-hybridized carbons (Fsp3) is 0.364. The highest BCUT2D eigenvalue weighted by Gasteiger charge is 2.23. The minimum Gasteiger partial charge on any atom is -0.493 e. The van der Waals surface area contributed by atoms with Crippen molar-refractivity contribution >= 4 is 17.4 Å². The van der Waals surface area contributed by atoms with Crippen molar-refractivity contribution in [3.8, 4) is 17.3 Å². The molecule has 1 aromatic carbocycles. The number of fused-ring (bicyclic) bond motifs is 5. The SMILES string of the molecule is O=C1Nc2cccc(n2)-c2nncn2CCCCOc2cc(F)c(N3CCOCC3)cc21. The van der Waals surface area contributed by atoms with E-state index >= 15 is 0 Å². The van der Waals surface area contributed by atoms with E-state index in [1.807, 2.05) is 15.5 Å². The number of halogens is 1. The maximum atomic E-state index is 14.9. The second-order valence-electron chi connectivity index (χ2n) is 7.66. The first-order chi connectivity index (χ1) is 15.7. The summed E-state index contributed by atoms with van der Waals surface area (Å²) in [5, 5.41) is 11.0. The Morgan fingerprint density at radius 1 is 1.06 bits per heavy atom. The number of carbonyl (C=O) groups is 1. The molecule has 1 saturated heterocycles. The lowest BCUT2D eigenvalue weighted by atomic mass is 10.1. The molecule has 5 rings (SSSR count). The van der Waals surface area contributed by atoms with Crippen LogP contribution in [-0.4, -0.2) is 58.6 Å². The van der Waals surface area contributed by atoms with Gasteiger partial charge in [0.25, 0.3) is 5.91 Å². The topological polar surface area (TPSA) is 94.4 Å². The number of nitrogens with zero attached hydrogens (tertiary/aromatic N) is 5. The second-order valence-corrected chi connectivity index (χ2v) is 7.66. The van der Waals surface area contributed by atoms with Gasteiger partial charge < -0.3 is 24.3 Å². The molecule has 4 heterocycles. The number of anilines is 2. The van der Waals surface area contributed by atoms with E-state index in [4.69, 9.17) is 9.47 Å². The highest BCUT2D eigenvalue weighted by atomic mass is 19.1. The molecule has 2 aromatic heterocycles. The van der Waals surface area contributed by atoms with Crippen LogP contribution < -0.4 is 15.0 Å². The average molecular weight is 438 g/mol. The Morgan fingerprint density at radius 3 is 2.81 bits per heavy atom. The van der Waals surface area contributed by atoms with E-state index in [2.05, 4.69) is 20.5 Å². The molecule has 10 heteroatoms. The number of aromatic nitrogens is 4. The van der Waals surface area contributed by atoms with Crippen LogP contribution >= 0.6 is 0 Å². The van der Waals surface area contributed by atoms with Gasteiger partial charge in [-0.15, -0.1) is 10.2 Å². The monoisotopic (exact) mass is 438 g/mol. The fourth-order valence-electron chi connectivity index (χ4n) is 3.88. The van der Waals surface area contributed by atoms with Crippen molar-refractivity contribution in [3.05, 3.63) is 48.0 Å². The van der Waals surface area contributed by atoms with Crippen molar-refractivity contribution < 1.29 is 18.7 Å². The number of hydrogen-bond donors (Lipinski definition) is 1. The van der Waals surface area contributed by atoms with E-state index < -0.39 is 11.7 Å². The molecule has 0 aliphatic carbocycles. The lowest BCUT2D eigenvalue weighted by Crippen LogP contribution is -2.37. The predicted molar refractivity (Wildman–Crippen MR) is 115 cm³/mol. The Morgan fingerprint density at radius 2 is 1.94 bits per heavy atom. The number of rotatable bonds is 1. The number of ether oxygens (including phenoxy) is 2. The quantitative estimate of drug-likeness (QED) is 0.624. The fourth-order valence-corrected chi connectivity index (χ4v) is 3.88. The van der Waals surface area contributed by atoms with E-state index in [1.165, 1.54) is 6.07 Å². The van der Waals surface area contributed by atoms with Crippen molar-refractivity contribution in [1.82, 2.24) is 19.7 Å². The van der Waals surface area contributed by atoms with Crippen molar-refractivity contribution in [3.63, 3.8) is 0 Å². The summed E-state index contributed by atoms with van der Waals surface area (Å²) < 4.78 is 28.1. The number of nitrogens with one attached hydrogen (secondary N) is 1. The Labute approximate surface area is 184 Å². The summed E-state index contributed by atoms with van der Waals surface area (Å²) in [5.74, 6) is 0.375. The summed E-state index contributed by atoms with van der Waals surface area (Å²) >= 11 is 0. The van der Waals surface area contributed by atoms with Gasteiger partial charge in [-0.05, 0) is 31.0 Å². The van der Waals surface area contributed by atoms with E-state index in [0.717, 1.165) is 12.8 Å². The van der Waals surface area contributed by atoms with Gasteiger partial charge in [0.05, 0.1) is 31.1 Å². The highest BCUT2D eigenvalue weighted by molar-refractivity contribution is 6.06. The summed E-state index contributed by atoms with van der Waals surface area (Å²) in [4.78, 5) is 19.6. The van der Waals surface area contributed by atoms with Crippen LogP contribution in [0.25, 0.3) is 11.5 Å². The number of amides is 1. The molecule has 2 bridgehead atoms. The van der Waals surface area contributed by atoms with Crippen LogP contribution in [0.15, 0.2) is 36.7 Å². The van der Waals surface area contributed by atoms with Gasteiger partial charge in [0, 0.05) is 25.7 Å². The second kappa shape index (κ2) is 8.91. The molecule has 0 saturated carbocycles. The van der Waals surface area contributed by atoms with Gasteiger partial charge >= 0.3 is 0 Å². The molecule has 2 aliphatic rings. The number of pyridine rings is 1. The molecule has 166 valence electrons. The third-order valence-electron chi connectivity index (χ3n) is 5.53. The maximum absolute atomic E-state index is 14.9. The van der Waals surface area contributed by atoms with E-state index in [-0.39, 0.29) is 11.3 Å². The first-order valence-electron chi connectivity index (χ1n) is 10.6. The molecule has 3 aromatic rings. The standard InChI is InChI=1S/C22H23FN6O3/c23-16-13-19-15(12-18(16)28-7-10-31-11-8-28)22(30)26-20-5-3-4-17(25-20)21-27-24-14-29(21)6-1-2-9-32-19/h3-5,12-14H,1-2,6-11H2,(H,25,26,30). The van der Waals surface area contributed by atoms with Crippen LogP contribution in [0, 0.1) is 5.82 Å². The summed E-state index contributed by atoms with van der Waals surface area (Å²) in [6, 6.07) is 8.17. The van der Waals surface area contributed by atoms with Crippen LogP contribution in [0.1, 0.15) is 23.2 Å². The number of hydrogen-bond acceptors (Lipinski definition) is 7. The van der Waals surface area contributed by atoms with Crippen LogP contribution in [-0.2, 0) is 11.3 Å². The summed E-state index contributed by atoms with van der Waals surface area (Å²) in [6.07, 6.45) is 3.19. The van der Waals surface area contributed by atoms with Gasteiger partial charge in [-0.1, -0.05) is 6.07 Å². The minimum atomic E-state index is -0.422. The molecular formula is C22H23FN6O3. The summed E-state index contributed by atoms with van der Waals surface area (Å²) in [7, 11) is 0. The highest BCUT2D eigenvalue weighted by Crippen LogP contribution is 2.30. The number of benzene rings is 1. The third-order valence-corrected chi connectivity index (χ3v) is 5.53. The molecule has 9 nitrogen and oxygen atoms in total. The van der Waals surface area contributed by atoms with E-state index in [0.29, 0.717) is 62.5 Å². The molecule has 0 atom stereocenters. The smallest absolute Gasteiger partial charge is 0.260 e. The Balaban J connectivity index is 1.52. The van der Waals surface area contributed by atoms with Gasteiger partial charge in [-0.25, -0.2) is 9.37 Å². The van der Waals surface area contributed by atoms with E-state index in [9.17, 15) is 9.18 Å². The molecule has 2 aliphatic heterocycles. The molecule has 1 amide bonds. The van der Waals surface area contributed by atoms with Crippen molar-refractivity contribution in [1.29, 1.82) is 0 Å². The van der Waals surface area contributed by atoms with Gasteiger partial charge in [-0.3, -0.25) is 4.79 Å². The first-order valence-corrected chi connectivity index (χ1v) is 10.6. The average Bonchev–Trinajstić information content (AvgIpc) is 3.28. The number of morpholine rings is 1. The molecule has 0 radical (unpaired) electrons. The van der Waals surface area contributed by atoms with Crippen LogP contribution in [0.5, 0.6) is 5.75 Å². The maximum Gasteiger partial charge on any atom is 0.260 e. The zero-order valence-electron chi connectivity index (χ0n) is 17.5. The third kappa shape index (κ3) is 4.13. The molecule has 32 heavy (non-hydrogen) atoms. The van der Waals surface area contributed by atoms with Gasteiger partial charge in [0.2, 0.25) is 0 Å². The van der Waals surface area contributed by atoms with Gasteiger partial charge in [-0.2, -0.15) is 0 Å². The normalized spacial score (nSPS) is 16.9. The molecule has 1 fully saturated rings. The lowest BCUT2D eigenvalue weighted by molar-refractivity contribution is 0.102. The predicted octanol–water partition coefficient (Wildman–Crippen LogP) is 2.74. The largest absolute Gasteiger partial charge is 0.493 e. The van der Waals surface area contributed by atoms with Crippen LogP contribution in [0.4, 0.5) is 15.9 Å². The van der Waals surface area contributed by atoms with Crippen molar-refractivity contribution in [2.24, 2.45) is 0 Å². The summed E-state index contributed by atoms with van der Waals surface area (Å²) in [5.41, 5.74) is 1.24. The molecule has 0 spiro atoms. The van der Waals surface area contributed by atoms with Gasteiger partial charge in [0.15, 0.2) is 5.82 Å². The van der Waals surface area contributed by atoms with Gasteiger partial charge in [0.1, 0.15) is 29.4 Å². The first kappa shape index (κ1) is 20.4. The zero-order valence-corrected chi connectivity index (χ0v) is 17.5. The van der Waals surface area contributed by atoms with Crippen LogP contribution in [0.3, 0.4) is 0 Å². The van der Waals surface area contributed by atoms with Crippen molar-refractivity contribution in [2.75, 3.05) is 43.1 Å². The van der Waals surface area contributed by atoms with E-state index in [1.54, 1.807) is 24.5 Å². The molecule has 1 N–H and O–H groups in total.